The van der Waals surface area contributed by atoms with Gasteiger partial charge in [-0.15, -0.1) is 11.8 Å². The molecular formula is C13H17FN4S. The average Bonchev–Trinajstić information content (AvgIpc) is 2.81. The van der Waals surface area contributed by atoms with Crippen molar-refractivity contribution in [2.45, 2.75) is 17.4 Å². The van der Waals surface area contributed by atoms with Crippen molar-refractivity contribution >= 4 is 11.8 Å². The molecule has 102 valence electrons. The number of thioether (sulfide) groups is 1. The van der Waals surface area contributed by atoms with E-state index < -0.39 is 0 Å². The Kier molecular flexibility index (Phi) is 4.95. The molecule has 0 saturated carbocycles. The van der Waals surface area contributed by atoms with Gasteiger partial charge in [-0.25, -0.2) is 4.39 Å². The van der Waals surface area contributed by atoms with Crippen LogP contribution in [0.25, 0.3) is 0 Å². The number of halogens is 1. The second kappa shape index (κ2) is 6.70. The summed E-state index contributed by atoms with van der Waals surface area (Å²) in [6, 6.07) is 8.76. The highest BCUT2D eigenvalue weighted by Gasteiger charge is 2.11. The molecule has 1 aromatic carbocycles. The molecule has 1 aromatic heterocycles. The Balaban J connectivity index is 1.91. The summed E-state index contributed by atoms with van der Waals surface area (Å²) in [7, 11) is 1.88. The highest BCUT2D eigenvalue weighted by atomic mass is 32.2. The molecule has 0 aliphatic rings. The van der Waals surface area contributed by atoms with Crippen LogP contribution in [0.5, 0.6) is 0 Å². The van der Waals surface area contributed by atoms with Crippen LogP contribution in [0.2, 0.25) is 0 Å². The first-order valence-corrected chi connectivity index (χ1v) is 6.99. The Morgan fingerprint density at radius 1 is 1.42 bits per heavy atom. The molecule has 3 N–H and O–H groups in total. The fourth-order valence-corrected chi connectivity index (χ4v) is 2.72. The molecule has 0 aliphatic carbocycles. The Labute approximate surface area is 116 Å². The number of hydrazine groups is 1. The highest BCUT2D eigenvalue weighted by Crippen LogP contribution is 2.22. The molecule has 1 heterocycles. The number of nitrogens with two attached hydrogens (primary N) is 1. The molecule has 0 bridgehead atoms. The van der Waals surface area contributed by atoms with E-state index in [9.17, 15) is 4.39 Å². The molecule has 0 fully saturated rings. The van der Waals surface area contributed by atoms with Gasteiger partial charge in [0, 0.05) is 36.4 Å². The van der Waals surface area contributed by atoms with Gasteiger partial charge in [0.2, 0.25) is 0 Å². The number of benzene rings is 1. The maximum atomic E-state index is 13.5. The fourth-order valence-electron chi connectivity index (χ4n) is 1.74. The second-order valence-corrected chi connectivity index (χ2v) is 5.35. The van der Waals surface area contributed by atoms with Crippen molar-refractivity contribution in [3.8, 4) is 0 Å². The van der Waals surface area contributed by atoms with Crippen LogP contribution < -0.4 is 11.3 Å². The number of aromatic nitrogens is 2. The second-order valence-electron chi connectivity index (χ2n) is 4.29. The van der Waals surface area contributed by atoms with Crippen molar-refractivity contribution in [2.24, 2.45) is 12.9 Å². The zero-order valence-corrected chi connectivity index (χ0v) is 11.5. The Morgan fingerprint density at radius 3 is 2.84 bits per heavy atom. The standard InChI is InChI=1S/C13H17FN4S/c1-18-7-6-10(17-18)8-11(16-15)9-19-13-5-3-2-4-12(13)14/h2-7,11,16H,8-9,15H2,1H3. The lowest BCUT2D eigenvalue weighted by atomic mass is 10.2. The summed E-state index contributed by atoms with van der Waals surface area (Å²) < 4.78 is 15.2. The topological polar surface area (TPSA) is 55.9 Å². The van der Waals surface area contributed by atoms with Crippen molar-refractivity contribution in [1.82, 2.24) is 15.2 Å². The van der Waals surface area contributed by atoms with Crippen molar-refractivity contribution in [3.05, 3.63) is 48.0 Å². The SMILES string of the molecule is Cn1ccc(CC(CSc2ccccc2F)NN)n1. The van der Waals surface area contributed by atoms with Gasteiger partial charge in [0.15, 0.2) is 0 Å². The van der Waals surface area contributed by atoms with Crippen molar-refractivity contribution in [1.29, 1.82) is 0 Å². The average molecular weight is 280 g/mol. The molecule has 0 aliphatic heterocycles. The minimum absolute atomic E-state index is 0.0551. The van der Waals surface area contributed by atoms with Gasteiger partial charge < -0.3 is 0 Å². The molecule has 4 nitrogen and oxygen atoms in total. The monoisotopic (exact) mass is 280 g/mol. The van der Waals surface area contributed by atoms with Crippen LogP contribution in [0.4, 0.5) is 4.39 Å². The summed E-state index contributed by atoms with van der Waals surface area (Å²) >= 11 is 1.45. The van der Waals surface area contributed by atoms with Gasteiger partial charge >= 0.3 is 0 Å². The first-order valence-electron chi connectivity index (χ1n) is 6.01. The van der Waals surface area contributed by atoms with Crippen LogP contribution in [0.15, 0.2) is 41.4 Å². The Hall–Kier alpha value is -1.37. The third kappa shape index (κ3) is 4.05. The summed E-state index contributed by atoms with van der Waals surface area (Å²) in [4.78, 5) is 0.642. The highest BCUT2D eigenvalue weighted by molar-refractivity contribution is 7.99. The molecule has 2 aromatic rings. The first-order chi connectivity index (χ1) is 9.19. The zero-order chi connectivity index (χ0) is 13.7. The smallest absolute Gasteiger partial charge is 0.136 e. The lowest BCUT2D eigenvalue weighted by molar-refractivity contribution is 0.562. The molecule has 6 heteroatoms. The number of hydrogen-bond donors (Lipinski definition) is 2. The number of aryl methyl sites for hydroxylation is 1. The van der Waals surface area contributed by atoms with Crippen LogP contribution in [0.3, 0.4) is 0 Å². The lowest BCUT2D eigenvalue weighted by Crippen LogP contribution is -2.38. The first kappa shape index (κ1) is 14.0. The van der Waals surface area contributed by atoms with E-state index in [-0.39, 0.29) is 11.9 Å². The van der Waals surface area contributed by atoms with Crippen molar-refractivity contribution in [3.63, 3.8) is 0 Å². The van der Waals surface area contributed by atoms with Gasteiger partial charge in [-0.1, -0.05) is 12.1 Å². The maximum absolute atomic E-state index is 13.5. The molecule has 19 heavy (non-hydrogen) atoms. The van der Waals surface area contributed by atoms with Crippen LogP contribution >= 0.6 is 11.8 Å². The molecule has 0 amide bonds. The summed E-state index contributed by atoms with van der Waals surface area (Å²) in [5, 5.41) is 4.31. The maximum Gasteiger partial charge on any atom is 0.136 e. The molecule has 2 rings (SSSR count). The lowest BCUT2D eigenvalue weighted by Gasteiger charge is -2.14. The molecule has 1 unspecified atom stereocenters. The summed E-state index contributed by atoms with van der Waals surface area (Å²) in [5.74, 6) is 6.03. The predicted molar refractivity (Wildman–Crippen MR) is 75.1 cm³/mol. The van der Waals surface area contributed by atoms with E-state index in [0.29, 0.717) is 10.6 Å². The number of nitrogens with one attached hydrogen (secondary N) is 1. The van der Waals surface area contributed by atoms with E-state index in [1.54, 1.807) is 16.8 Å². The molecular weight excluding hydrogens is 263 g/mol. The van der Waals surface area contributed by atoms with Crippen molar-refractivity contribution in [2.75, 3.05) is 5.75 Å². The number of rotatable bonds is 6. The zero-order valence-electron chi connectivity index (χ0n) is 10.7. The van der Waals surface area contributed by atoms with Crippen molar-refractivity contribution < 1.29 is 4.39 Å². The van der Waals surface area contributed by atoms with E-state index in [1.807, 2.05) is 25.4 Å². The summed E-state index contributed by atoms with van der Waals surface area (Å²) in [6.45, 7) is 0. The van der Waals surface area contributed by atoms with E-state index >= 15 is 0 Å². The van der Waals surface area contributed by atoms with Gasteiger partial charge in [-0.2, -0.15) is 5.10 Å². The van der Waals surface area contributed by atoms with E-state index in [2.05, 4.69) is 10.5 Å². The fraction of sp³-hybridized carbons (Fsp3) is 0.308. The Bertz CT molecular complexity index is 529. The molecule has 1 atom stereocenters. The van der Waals surface area contributed by atoms with Crippen LogP contribution in [0.1, 0.15) is 5.69 Å². The Morgan fingerprint density at radius 2 is 2.21 bits per heavy atom. The van der Waals surface area contributed by atoms with Crippen LogP contribution in [-0.2, 0) is 13.5 Å². The largest absolute Gasteiger partial charge is 0.276 e. The van der Waals surface area contributed by atoms with Gasteiger partial charge in [-0.3, -0.25) is 16.0 Å². The van der Waals surface area contributed by atoms with Gasteiger partial charge in [0.1, 0.15) is 5.82 Å². The van der Waals surface area contributed by atoms with E-state index in [4.69, 9.17) is 5.84 Å². The third-order valence-corrected chi connectivity index (χ3v) is 3.95. The van der Waals surface area contributed by atoms with Crippen LogP contribution in [-0.4, -0.2) is 21.6 Å². The third-order valence-electron chi connectivity index (χ3n) is 2.74. The number of nitrogens with zero attached hydrogens (tertiary/aromatic N) is 2. The predicted octanol–water partition coefficient (Wildman–Crippen LogP) is 1.73. The normalized spacial score (nSPS) is 12.6. The molecule has 0 radical (unpaired) electrons. The quantitative estimate of drug-likeness (QED) is 0.481. The van der Waals surface area contributed by atoms with Gasteiger partial charge in [0.25, 0.3) is 0 Å². The molecule has 0 saturated heterocycles. The minimum Gasteiger partial charge on any atom is -0.276 e. The van der Waals surface area contributed by atoms with E-state index in [1.165, 1.54) is 17.8 Å². The van der Waals surface area contributed by atoms with E-state index in [0.717, 1.165) is 12.1 Å². The van der Waals surface area contributed by atoms with Gasteiger partial charge in [0.05, 0.1) is 5.69 Å². The summed E-state index contributed by atoms with van der Waals surface area (Å²) in [5.41, 5.74) is 3.73. The summed E-state index contributed by atoms with van der Waals surface area (Å²) in [6.07, 6.45) is 2.62. The molecule has 0 spiro atoms. The van der Waals surface area contributed by atoms with Gasteiger partial charge in [-0.05, 0) is 18.2 Å². The minimum atomic E-state index is -0.193. The van der Waals surface area contributed by atoms with Crippen LogP contribution in [0, 0.1) is 5.82 Å². The number of hydrogen-bond acceptors (Lipinski definition) is 4.